The minimum absolute atomic E-state index is 0.463. The summed E-state index contributed by atoms with van der Waals surface area (Å²) in [5.74, 6) is 0. The average Bonchev–Trinajstić information content (AvgIpc) is 2.97. The second-order valence-corrected chi connectivity index (χ2v) is 6.24. The molecule has 1 unspecified atom stereocenters. The number of urea groups is 1. The van der Waals surface area contributed by atoms with Crippen molar-refractivity contribution in [1.29, 1.82) is 0 Å². The molecule has 0 aliphatic rings. The van der Waals surface area contributed by atoms with Crippen LogP contribution in [0.4, 0.5) is 4.79 Å². The van der Waals surface area contributed by atoms with Gasteiger partial charge in [0, 0.05) is 9.58 Å². The third-order valence-electron chi connectivity index (χ3n) is 3.65. The van der Waals surface area contributed by atoms with Gasteiger partial charge in [-0.3, -0.25) is 5.21 Å². The summed E-state index contributed by atoms with van der Waals surface area (Å²) in [7, 11) is 0. The highest BCUT2D eigenvalue weighted by atomic mass is 32.1. The molecule has 0 bridgehead atoms. The first-order valence-corrected chi connectivity index (χ1v) is 7.74. The van der Waals surface area contributed by atoms with E-state index < -0.39 is 12.1 Å². The highest BCUT2D eigenvalue weighted by molar-refractivity contribution is 7.19. The van der Waals surface area contributed by atoms with Gasteiger partial charge in [-0.1, -0.05) is 36.4 Å². The fourth-order valence-electron chi connectivity index (χ4n) is 2.39. The Labute approximate surface area is 132 Å². The van der Waals surface area contributed by atoms with Crippen molar-refractivity contribution in [3.63, 3.8) is 0 Å². The molecule has 0 spiro atoms. The summed E-state index contributed by atoms with van der Waals surface area (Å²) in [6.45, 7) is 1.74. The second-order valence-electron chi connectivity index (χ2n) is 5.13. The number of amides is 2. The Morgan fingerprint density at radius 1 is 1.14 bits per heavy atom. The first-order valence-electron chi connectivity index (χ1n) is 6.92. The van der Waals surface area contributed by atoms with Crippen LogP contribution >= 0.6 is 11.3 Å². The van der Waals surface area contributed by atoms with Crippen molar-refractivity contribution in [1.82, 2.24) is 5.06 Å². The van der Waals surface area contributed by atoms with Crippen LogP contribution in [0.15, 0.2) is 54.6 Å². The molecule has 112 valence electrons. The van der Waals surface area contributed by atoms with Crippen LogP contribution in [0.5, 0.6) is 0 Å². The second kappa shape index (κ2) is 5.79. The molecule has 0 saturated carbocycles. The van der Waals surface area contributed by atoms with Crippen molar-refractivity contribution in [3.8, 4) is 11.1 Å². The molecule has 3 N–H and O–H groups in total. The van der Waals surface area contributed by atoms with E-state index in [0.29, 0.717) is 5.06 Å². The third kappa shape index (κ3) is 2.68. The van der Waals surface area contributed by atoms with Gasteiger partial charge in [-0.25, -0.2) is 4.79 Å². The van der Waals surface area contributed by atoms with E-state index in [1.165, 1.54) is 0 Å². The van der Waals surface area contributed by atoms with E-state index in [1.54, 1.807) is 18.3 Å². The van der Waals surface area contributed by atoms with E-state index in [9.17, 15) is 10.0 Å². The number of benzene rings is 2. The molecule has 22 heavy (non-hydrogen) atoms. The SMILES string of the molecule is CC(c1cc2cc(-c3ccccc3)ccc2s1)N(O)C(N)=O. The van der Waals surface area contributed by atoms with Gasteiger partial charge in [0.2, 0.25) is 0 Å². The smallest absolute Gasteiger partial charge is 0.339 e. The van der Waals surface area contributed by atoms with Gasteiger partial charge in [0.05, 0.1) is 6.04 Å². The van der Waals surface area contributed by atoms with Gasteiger partial charge in [-0.15, -0.1) is 11.3 Å². The van der Waals surface area contributed by atoms with E-state index in [4.69, 9.17) is 5.73 Å². The normalized spacial score (nSPS) is 12.3. The molecule has 3 aromatic rings. The maximum Gasteiger partial charge on any atom is 0.339 e. The minimum atomic E-state index is -0.852. The van der Waals surface area contributed by atoms with Crippen LogP contribution in [0.3, 0.4) is 0 Å². The van der Waals surface area contributed by atoms with Gasteiger partial charge in [0.25, 0.3) is 0 Å². The highest BCUT2D eigenvalue weighted by Gasteiger charge is 2.19. The molecule has 4 nitrogen and oxygen atoms in total. The zero-order valence-corrected chi connectivity index (χ0v) is 12.9. The predicted octanol–water partition coefficient (Wildman–Crippen LogP) is 4.40. The number of nitrogens with two attached hydrogens (primary N) is 1. The topological polar surface area (TPSA) is 66.6 Å². The summed E-state index contributed by atoms with van der Waals surface area (Å²) in [4.78, 5) is 12.0. The lowest BCUT2D eigenvalue weighted by Gasteiger charge is -2.18. The monoisotopic (exact) mass is 312 g/mol. The minimum Gasteiger partial charge on any atom is -0.350 e. The summed E-state index contributed by atoms with van der Waals surface area (Å²) in [6.07, 6.45) is 0. The zero-order valence-electron chi connectivity index (χ0n) is 12.1. The van der Waals surface area contributed by atoms with Crippen LogP contribution < -0.4 is 5.73 Å². The Balaban J connectivity index is 1.99. The number of hydrogen-bond donors (Lipinski definition) is 2. The number of thiophene rings is 1. The fraction of sp³-hybridized carbons (Fsp3) is 0.118. The molecule has 2 aromatic carbocycles. The molecule has 2 amide bonds. The first-order chi connectivity index (χ1) is 10.6. The third-order valence-corrected chi connectivity index (χ3v) is 4.93. The number of carbonyl (C=O) groups is 1. The molecule has 3 rings (SSSR count). The van der Waals surface area contributed by atoms with Gasteiger partial charge >= 0.3 is 6.03 Å². The number of fused-ring (bicyclic) bond motifs is 1. The Morgan fingerprint density at radius 2 is 1.86 bits per heavy atom. The van der Waals surface area contributed by atoms with Gasteiger partial charge in [0.15, 0.2) is 0 Å². The zero-order chi connectivity index (χ0) is 15.7. The van der Waals surface area contributed by atoms with Crippen molar-refractivity contribution >= 4 is 27.5 Å². The quantitative estimate of drug-likeness (QED) is 0.556. The van der Waals surface area contributed by atoms with Crippen molar-refractivity contribution in [3.05, 3.63) is 59.5 Å². The molecule has 1 atom stereocenters. The molecule has 0 aliphatic carbocycles. The van der Waals surface area contributed by atoms with E-state index in [1.807, 2.05) is 24.3 Å². The number of rotatable bonds is 3. The van der Waals surface area contributed by atoms with E-state index in [0.717, 1.165) is 26.1 Å². The lowest BCUT2D eigenvalue weighted by Crippen LogP contribution is -2.34. The summed E-state index contributed by atoms with van der Waals surface area (Å²) in [5, 5.41) is 11.3. The van der Waals surface area contributed by atoms with Crippen molar-refractivity contribution in [2.75, 3.05) is 0 Å². The van der Waals surface area contributed by atoms with Gasteiger partial charge in [-0.05, 0) is 41.6 Å². The molecule has 0 radical (unpaired) electrons. The van der Waals surface area contributed by atoms with E-state index in [2.05, 4.69) is 30.3 Å². The molecule has 5 heteroatoms. The number of hydrogen-bond acceptors (Lipinski definition) is 3. The van der Waals surface area contributed by atoms with E-state index in [-0.39, 0.29) is 0 Å². The van der Waals surface area contributed by atoms with Crippen molar-refractivity contribution < 1.29 is 10.0 Å². The molecule has 0 saturated heterocycles. The average molecular weight is 312 g/mol. The van der Waals surface area contributed by atoms with Crippen LogP contribution in [0.25, 0.3) is 21.2 Å². The summed E-state index contributed by atoms with van der Waals surface area (Å²) >= 11 is 1.55. The molecule has 0 fully saturated rings. The number of carbonyl (C=O) groups excluding carboxylic acids is 1. The lowest BCUT2D eigenvalue weighted by atomic mass is 10.0. The highest BCUT2D eigenvalue weighted by Crippen LogP contribution is 2.34. The van der Waals surface area contributed by atoms with Crippen LogP contribution in [0.1, 0.15) is 17.8 Å². The van der Waals surface area contributed by atoms with Crippen molar-refractivity contribution in [2.45, 2.75) is 13.0 Å². The molecule has 0 aliphatic heterocycles. The maximum atomic E-state index is 11.1. The molecular weight excluding hydrogens is 296 g/mol. The van der Waals surface area contributed by atoms with Gasteiger partial charge in [0.1, 0.15) is 0 Å². The molecular formula is C17H16N2O2S. The van der Waals surface area contributed by atoms with Gasteiger partial charge < -0.3 is 5.73 Å². The summed E-state index contributed by atoms with van der Waals surface area (Å²) < 4.78 is 1.11. The molecule has 1 aromatic heterocycles. The van der Waals surface area contributed by atoms with Crippen LogP contribution in [-0.2, 0) is 0 Å². The van der Waals surface area contributed by atoms with Gasteiger partial charge in [-0.2, -0.15) is 5.06 Å². The Kier molecular flexibility index (Phi) is 3.83. The van der Waals surface area contributed by atoms with Crippen LogP contribution in [-0.4, -0.2) is 16.3 Å². The lowest BCUT2D eigenvalue weighted by molar-refractivity contribution is -0.0700. The maximum absolute atomic E-state index is 11.1. The van der Waals surface area contributed by atoms with Crippen molar-refractivity contribution in [2.24, 2.45) is 5.73 Å². The number of primary amides is 1. The standard InChI is InChI=1S/C17H16N2O2S/c1-11(19(21)17(18)20)16-10-14-9-13(7-8-15(14)22-16)12-5-3-2-4-6-12/h2-11,21H,1H3,(H2,18,20). The van der Waals surface area contributed by atoms with Crippen LogP contribution in [0.2, 0.25) is 0 Å². The Hall–Kier alpha value is -2.37. The molecule has 1 heterocycles. The van der Waals surface area contributed by atoms with E-state index >= 15 is 0 Å². The predicted molar refractivity (Wildman–Crippen MR) is 88.9 cm³/mol. The summed E-state index contributed by atoms with van der Waals surface area (Å²) in [6, 6.07) is 17.1. The largest absolute Gasteiger partial charge is 0.350 e. The number of nitrogens with zero attached hydrogens (tertiary/aromatic N) is 1. The summed E-state index contributed by atoms with van der Waals surface area (Å²) in [5.41, 5.74) is 7.41. The van der Waals surface area contributed by atoms with Crippen LogP contribution in [0, 0.1) is 0 Å². The number of hydroxylamine groups is 2. The first kappa shape index (κ1) is 14.6. The Bertz CT molecular complexity index is 814. The fourth-order valence-corrected chi connectivity index (χ4v) is 3.47. The Morgan fingerprint density at radius 3 is 2.55 bits per heavy atom.